The standard InChI is InChI=1S/C57H35N5S/c1-3-15-37(16-4-1)55-58-56(38-31-29-36(30-32-38)42-24-14-28-51-52(42)47-23-9-12-27-50(47)63-51)60-57(59-55)39-17-13-20-41(35-39)62-49-26-11-8-22-44(49)46-34-33-45-43-21-7-10-25-48(43)61(53(45)54(46)62)40-18-5-2-6-19-40/h1-35H. The van der Waals surface area contributed by atoms with Gasteiger partial charge >= 0.3 is 0 Å². The van der Waals surface area contributed by atoms with E-state index in [4.69, 9.17) is 15.0 Å². The molecule has 0 spiro atoms. The van der Waals surface area contributed by atoms with Crippen molar-refractivity contribution in [2.45, 2.75) is 0 Å². The van der Waals surface area contributed by atoms with Gasteiger partial charge in [0.25, 0.3) is 0 Å². The lowest BCUT2D eigenvalue weighted by molar-refractivity contribution is 1.07. The number of rotatable bonds is 6. The molecular formula is C57H35N5S. The molecule has 0 fully saturated rings. The van der Waals surface area contributed by atoms with Crippen molar-refractivity contribution in [2.24, 2.45) is 0 Å². The maximum Gasteiger partial charge on any atom is 0.164 e. The summed E-state index contributed by atoms with van der Waals surface area (Å²) in [6, 6.07) is 75.5. The average molecular weight is 822 g/mol. The van der Waals surface area contributed by atoms with Crippen LogP contribution in [0, 0.1) is 0 Å². The van der Waals surface area contributed by atoms with E-state index in [1.807, 2.05) is 29.5 Å². The molecule has 294 valence electrons. The first-order chi connectivity index (χ1) is 31.2. The van der Waals surface area contributed by atoms with Crippen molar-refractivity contribution in [1.29, 1.82) is 0 Å². The van der Waals surface area contributed by atoms with Crippen LogP contribution in [0.1, 0.15) is 0 Å². The lowest BCUT2D eigenvalue weighted by Crippen LogP contribution is -2.01. The van der Waals surface area contributed by atoms with Gasteiger partial charge in [0.15, 0.2) is 17.5 Å². The van der Waals surface area contributed by atoms with Crippen molar-refractivity contribution >= 4 is 75.1 Å². The van der Waals surface area contributed by atoms with Crippen molar-refractivity contribution in [3.8, 4) is 56.7 Å². The Morgan fingerprint density at radius 2 is 0.794 bits per heavy atom. The lowest BCUT2D eigenvalue weighted by atomic mass is 9.98. The molecule has 63 heavy (non-hydrogen) atoms. The number of hydrogen-bond donors (Lipinski definition) is 0. The zero-order valence-corrected chi connectivity index (χ0v) is 34.7. The molecule has 0 saturated heterocycles. The van der Waals surface area contributed by atoms with Gasteiger partial charge in [-0.05, 0) is 59.7 Å². The van der Waals surface area contributed by atoms with Gasteiger partial charge in [0.1, 0.15) is 0 Å². The highest BCUT2D eigenvalue weighted by Gasteiger charge is 2.22. The Morgan fingerprint density at radius 1 is 0.317 bits per heavy atom. The van der Waals surface area contributed by atoms with E-state index in [-0.39, 0.29) is 0 Å². The Kier molecular flexibility index (Phi) is 8.01. The third kappa shape index (κ3) is 5.66. The molecule has 13 aromatic rings. The summed E-state index contributed by atoms with van der Waals surface area (Å²) in [5.74, 6) is 1.87. The maximum absolute atomic E-state index is 5.23. The van der Waals surface area contributed by atoms with Crippen molar-refractivity contribution in [3.63, 3.8) is 0 Å². The van der Waals surface area contributed by atoms with E-state index >= 15 is 0 Å². The molecule has 9 aromatic carbocycles. The van der Waals surface area contributed by atoms with E-state index in [0.717, 1.165) is 44.7 Å². The van der Waals surface area contributed by atoms with E-state index in [9.17, 15) is 0 Å². The number of benzene rings is 9. The number of hydrogen-bond acceptors (Lipinski definition) is 4. The van der Waals surface area contributed by atoms with Crippen molar-refractivity contribution < 1.29 is 0 Å². The Labute approximate surface area is 366 Å². The normalized spacial score (nSPS) is 11.8. The van der Waals surface area contributed by atoms with Gasteiger partial charge in [-0.15, -0.1) is 11.3 Å². The van der Waals surface area contributed by atoms with Crippen LogP contribution in [0.15, 0.2) is 212 Å². The largest absolute Gasteiger partial charge is 0.307 e. The van der Waals surface area contributed by atoms with Crippen LogP contribution >= 0.6 is 11.3 Å². The molecule has 4 aromatic heterocycles. The average Bonchev–Trinajstić information content (AvgIpc) is 4.03. The predicted molar refractivity (Wildman–Crippen MR) is 263 cm³/mol. The summed E-state index contributed by atoms with van der Waals surface area (Å²) >= 11 is 1.84. The molecule has 13 rings (SSSR count). The second-order valence-corrected chi connectivity index (χ2v) is 17.1. The molecule has 6 heteroatoms. The molecule has 0 atom stereocenters. The van der Waals surface area contributed by atoms with Crippen LogP contribution in [-0.4, -0.2) is 24.1 Å². The van der Waals surface area contributed by atoms with Gasteiger partial charge in [0.05, 0.1) is 22.1 Å². The van der Waals surface area contributed by atoms with Crippen molar-refractivity contribution in [3.05, 3.63) is 212 Å². The minimum absolute atomic E-state index is 0.614. The summed E-state index contributed by atoms with van der Waals surface area (Å²) in [5, 5.41) is 7.42. The van der Waals surface area contributed by atoms with E-state index in [1.165, 1.54) is 58.3 Å². The fourth-order valence-electron chi connectivity index (χ4n) is 9.56. The topological polar surface area (TPSA) is 48.5 Å². The van der Waals surface area contributed by atoms with Gasteiger partial charge in [-0.3, -0.25) is 0 Å². The summed E-state index contributed by atoms with van der Waals surface area (Å²) < 4.78 is 7.43. The summed E-state index contributed by atoms with van der Waals surface area (Å²) in [6.45, 7) is 0. The first-order valence-corrected chi connectivity index (χ1v) is 22.0. The number of para-hydroxylation sites is 3. The third-order valence-corrected chi connectivity index (χ3v) is 13.5. The second kappa shape index (κ2) is 14.2. The van der Waals surface area contributed by atoms with Gasteiger partial charge in [-0.1, -0.05) is 164 Å². The van der Waals surface area contributed by atoms with E-state index in [1.54, 1.807) is 0 Å². The van der Waals surface area contributed by atoms with Gasteiger partial charge < -0.3 is 9.13 Å². The van der Waals surface area contributed by atoms with Crippen molar-refractivity contribution in [1.82, 2.24) is 24.1 Å². The number of thiophene rings is 1. The monoisotopic (exact) mass is 821 g/mol. The second-order valence-electron chi connectivity index (χ2n) is 16.0. The van der Waals surface area contributed by atoms with Crippen LogP contribution in [-0.2, 0) is 0 Å². The summed E-state index contributed by atoms with van der Waals surface area (Å²) in [5.41, 5.74) is 11.9. The SMILES string of the molecule is c1ccc(-c2nc(-c3ccc(-c4cccc5sc6ccccc6c45)cc3)nc(-c3cccc(-n4c5ccccc5c5ccc6c7ccccc7n(-c7ccccc7)c6c54)c3)n2)cc1. The van der Waals surface area contributed by atoms with Crippen molar-refractivity contribution in [2.75, 3.05) is 0 Å². The minimum atomic E-state index is 0.614. The highest BCUT2D eigenvalue weighted by Crippen LogP contribution is 2.43. The molecule has 0 bridgehead atoms. The molecule has 0 N–H and O–H groups in total. The fourth-order valence-corrected chi connectivity index (χ4v) is 10.7. The maximum atomic E-state index is 5.23. The number of nitrogens with zero attached hydrogens (tertiary/aromatic N) is 5. The molecule has 0 saturated carbocycles. The van der Waals surface area contributed by atoms with E-state index < -0.39 is 0 Å². The smallest absolute Gasteiger partial charge is 0.164 e. The summed E-state index contributed by atoms with van der Waals surface area (Å²) in [4.78, 5) is 15.5. The van der Waals surface area contributed by atoms with E-state index in [2.05, 4.69) is 203 Å². The van der Waals surface area contributed by atoms with Crippen LogP contribution in [0.4, 0.5) is 0 Å². The molecule has 5 nitrogen and oxygen atoms in total. The molecule has 0 amide bonds. The van der Waals surface area contributed by atoms with Crippen LogP contribution in [0.5, 0.6) is 0 Å². The number of fused-ring (bicyclic) bond motifs is 10. The minimum Gasteiger partial charge on any atom is -0.307 e. The number of aromatic nitrogens is 5. The Hall–Kier alpha value is -8.19. The highest BCUT2D eigenvalue weighted by atomic mass is 32.1. The lowest BCUT2D eigenvalue weighted by Gasteiger charge is -2.14. The third-order valence-electron chi connectivity index (χ3n) is 12.4. The van der Waals surface area contributed by atoms with Crippen LogP contribution in [0.2, 0.25) is 0 Å². The zero-order chi connectivity index (χ0) is 41.4. The zero-order valence-electron chi connectivity index (χ0n) is 33.9. The Balaban J connectivity index is 0.995. The Bertz CT molecular complexity index is 3900. The molecule has 4 heterocycles. The summed E-state index contributed by atoms with van der Waals surface area (Å²) in [7, 11) is 0. The molecule has 0 aliphatic heterocycles. The van der Waals surface area contributed by atoms with Crippen LogP contribution < -0.4 is 0 Å². The molecule has 0 unspecified atom stereocenters. The van der Waals surface area contributed by atoms with Crippen LogP contribution in [0.3, 0.4) is 0 Å². The Morgan fingerprint density at radius 3 is 1.48 bits per heavy atom. The fraction of sp³-hybridized carbons (Fsp3) is 0. The predicted octanol–water partition coefficient (Wildman–Crippen LogP) is 15.1. The van der Waals surface area contributed by atoms with E-state index in [0.29, 0.717) is 17.5 Å². The molecular weight excluding hydrogens is 787 g/mol. The highest BCUT2D eigenvalue weighted by molar-refractivity contribution is 7.25. The molecule has 0 aliphatic rings. The molecule has 0 aliphatic carbocycles. The van der Waals surface area contributed by atoms with Gasteiger partial charge in [0, 0.05) is 69.8 Å². The first-order valence-electron chi connectivity index (χ1n) is 21.2. The van der Waals surface area contributed by atoms with Gasteiger partial charge in [0.2, 0.25) is 0 Å². The summed E-state index contributed by atoms with van der Waals surface area (Å²) in [6.07, 6.45) is 0. The van der Waals surface area contributed by atoms with Crippen LogP contribution in [0.25, 0.3) is 120 Å². The van der Waals surface area contributed by atoms with Gasteiger partial charge in [-0.25, -0.2) is 15.0 Å². The molecule has 0 radical (unpaired) electrons. The first kappa shape index (κ1) is 35.6. The van der Waals surface area contributed by atoms with Gasteiger partial charge in [-0.2, -0.15) is 0 Å². The quantitative estimate of drug-likeness (QED) is 0.168.